The first-order valence-electron chi connectivity index (χ1n) is 12.1. The van der Waals surface area contributed by atoms with Crippen molar-refractivity contribution in [2.45, 2.75) is 52.0 Å². The van der Waals surface area contributed by atoms with E-state index in [4.69, 9.17) is 0 Å². The maximum Gasteiger partial charge on any atom is 0.261 e. The van der Waals surface area contributed by atoms with Gasteiger partial charge >= 0.3 is 0 Å². The third-order valence-corrected chi connectivity index (χ3v) is 7.00. The van der Waals surface area contributed by atoms with Crippen LogP contribution in [0.1, 0.15) is 66.7 Å². The maximum absolute atomic E-state index is 13.6. The second kappa shape index (κ2) is 8.82. The number of rotatable bonds is 7. The van der Waals surface area contributed by atoms with E-state index in [1.165, 1.54) is 10.3 Å². The van der Waals surface area contributed by atoms with E-state index in [-0.39, 0.29) is 17.9 Å². The molecule has 0 aromatic heterocycles. The normalized spacial score (nSPS) is 14.3. The Kier molecular flexibility index (Phi) is 5.72. The quantitative estimate of drug-likeness (QED) is 0.221. The highest BCUT2D eigenvalue weighted by atomic mass is 16.2. The minimum atomic E-state index is -0.156. The molecule has 3 heteroatoms. The predicted octanol–water partition coefficient (Wildman–Crippen LogP) is 7.61. The van der Waals surface area contributed by atoms with Crippen molar-refractivity contribution in [1.29, 1.82) is 0 Å². The van der Waals surface area contributed by atoms with Crippen LogP contribution in [0.3, 0.4) is 0 Å². The smallest absolute Gasteiger partial charge is 0.261 e. The Morgan fingerprint density at radius 1 is 0.667 bits per heavy atom. The predicted molar refractivity (Wildman–Crippen MR) is 136 cm³/mol. The summed E-state index contributed by atoms with van der Waals surface area (Å²) >= 11 is 0. The number of amides is 2. The van der Waals surface area contributed by atoms with E-state index in [0.29, 0.717) is 11.1 Å². The lowest BCUT2D eigenvalue weighted by molar-refractivity contribution is 0.0524. The lowest BCUT2D eigenvalue weighted by atomic mass is 9.87. The first-order chi connectivity index (χ1) is 16.2. The van der Waals surface area contributed by atoms with Gasteiger partial charge in [0.05, 0.1) is 0 Å². The number of carbonyl (C=O) groups excluding carboxylic acids is 2. The molecule has 1 unspecified atom stereocenters. The molecule has 0 aliphatic carbocycles. The number of hydrogen-bond acceptors (Lipinski definition) is 2. The molecule has 0 radical (unpaired) electrons. The third kappa shape index (κ3) is 3.52. The highest BCUT2D eigenvalue weighted by molar-refractivity contribution is 6.27. The Morgan fingerprint density at radius 2 is 1.27 bits per heavy atom. The van der Waals surface area contributed by atoms with Gasteiger partial charge in [-0.1, -0.05) is 93.8 Å². The zero-order chi connectivity index (χ0) is 22.9. The number of fused-ring (bicyclic) bond motifs is 1. The van der Waals surface area contributed by atoms with E-state index in [2.05, 4.69) is 44.2 Å². The minimum Gasteiger partial charge on any atom is -0.271 e. The maximum atomic E-state index is 13.6. The first-order valence-corrected chi connectivity index (χ1v) is 12.1. The minimum absolute atomic E-state index is 0.0577. The van der Waals surface area contributed by atoms with Gasteiger partial charge in [0.1, 0.15) is 0 Å². The summed E-state index contributed by atoms with van der Waals surface area (Å²) in [6, 6.07) is 24.4. The number of unbranched alkanes of at least 4 members (excludes halogenated alkanes) is 2. The summed E-state index contributed by atoms with van der Waals surface area (Å²) in [4.78, 5) is 28.8. The van der Waals surface area contributed by atoms with E-state index in [9.17, 15) is 9.59 Å². The van der Waals surface area contributed by atoms with Crippen LogP contribution >= 0.6 is 0 Å². The number of nitrogens with zero attached hydrogens (tertiary/aromatic N) is 1. The summed E-state index contributed by atoms with van der Waals surface area (Å²) < 4.78 is 0. The van der Waals surface area contributed by atoms with Crippen LogP contribution in [-0.2, 0) is 0 Å². The molecule has 2 amide bonds. The summed E-state index contributed by atoms with van der Waals surface area (Å²) in [5.74, 6) is -0.312. The van der Waals surface area contributed by atoms with Gasteiger partial charge in [0.15, 0.2) is 0 Å². The molecule has 4 aromatic carbocycles. The molecular formula is C30H29NO2. The van der Waals surface area contributed by atoms with Crippen LogP contribution in [-0.4, -0.2) is 22.8 Å². The summed E-state index contributed by atoms with van der Waals surface area (Å²) in [7, 11) is 0. The largest absolute Gasteiger partial charge is 0.271 e. The van der Waals surface area contributed by atoms with E-state index in [1.54, 1.807) is 0 Å². The van der Waals surface area contributed by atoms with Gasteiger partial charge in [-0.3, -0.25) is 14.5 Å². The summed E-state index contributed by atoms with van der Waals surface area (Å²) in [5, 5.41) is 4.09. The number of carbonyl (C=O) groups is 2. The Morgan fingerprint density at radius 3 is 2.06 bits per heavy atom. The monoisotopic (exact) mass is 435 g/mol. The Bertz CT molecular complexity index is 1340. The second-order valence-electron chi connectivity index (χ2n) is 8.95. The summed E-state index contributed by atoms with van der Waals surface area (Å²) in [5.41, 5.74) is 3.44. The first kappa shape index (κ1) is 21.4. The molecular weight excluding hydrogens is 406 g/mol. The highest BCUT2D eigenvalue weighted by Gasteiger charge is 2.37. The van der Waals surface area contributed by atoms with E-state index in [0.717, 1.165) is 59.4 Å². The van der Waals surface area contributed by atoms with Gasteiger partial charge in [0.2, 0.25) is 0 Å². The van der Waals surface area contributed by atoms with Gasteiger partial charge in [-0.2, -0.15) is 0 Å². The van der Waals surface area contributed by atoms with Crippen molar-refractivity contribution in [2.24, 2.45) is 0 Å². The molecule has 0 saturated carbocycles. The van der Waals surface area contributed by atoms with Crippen molar-refractivity contribution < 1.29 is 9.59 Å². The number of imide groups is 1. The SMILES string of the molecule is CCCCCC(CC)N1C(=O)c2cccc3c(-c4cccc5ccccc45)ccc(c23)C1=O. The van der Waals surface area contributed by atoms with Crippen LogP contribution in [0.4, 0.5) is 0 Å². The third-order valence-electron chi connectivity index (χ3n) is 7.00. The van der Waals surface area contributed by atoms with Gasteiger partial charge in [0, 0.05) is 22.6 Å². The van der Waals surface area contributed by atoms with Crippen molar-refractivity contribution in [2.75, 3.05) is 0 Å². The molecule has 0 fully saturated rings. The Balaban J connectivity index is 1.66. The topological polar surface area (TPSA) is 37.4 Å². The molecule has 0 bridgehead atoms. The van der Waals surface area contributed by atoms with Crippen LogP contribution in [0.15, 0.2) is 72.8 Å². The van der Waals surface area contributed by atoms with Crippen LogP contribution in [0.5, 0.6) is 0 Å². The van der Waals surface area contributed by atoms with Gasteiger partial charge in [-0.05, 0) is 52.3 Å². The summed E-state index contributed by atoms with van der Waals surface area (Å²) in [6.07, 6.45) is 4.91. The van der Waals surface area contributed by atoms with Gasteiger partial charge < -0.3 is 0 Å². The fourth-order valence-corrected chi connectivity index (χ4v) is 5.29. The zero-order valence-electron chi connectivity index (χ0n) is 19.3. The molecule has 1 aliphatic heterocycles. The molecule has 0 spiro atoms. The van der Waals surface area contributed by atoms with Gasteiger partial charge in [-0.25, -0.2) is 0 Å². The van der Waals surface area contributed by atoms with Crippen molar-refractivity contribution >= 4 is 33.4 Å². The van der Waals surface area contributed by atoms with E-state index < -0.39 is 0 Å². The fourth-order valence-electron chi connectivity index (χ4n) is 5.29. The highest BCUT2D eigenvalue weighted by Crippen LogP contribution is 2.39. The van der Waals surface area contributed by atoms with Crippen LogP contribution in [0.25, 0.3) is 32.7 Å². The molecule has 4 aromatic rings. The standard InChI is InChI=1S/C30H29NO2/c1-3-5-6-13-21(4-2)31-29(32)26-17-10-16-25-24(18-19-27(28(25)26)30(31)33)23-15-9-12-20-11-7-8-14-22(20)23/h7-12,14-19,21H,3-6,13H2,1-2H3. The lowest BCUT2D eigenvalue weighted by Gasteiger charge is -2.34. The molecule has 166 valence electrons. The van der Waals surface area contributed by atoms with Crippen molar-refractivity contribution in [1.82, 2.24) is 4.90 Å². The average molecular weight is 436 g/mol. The van der Waals surface area contributed by atoms with E-state index in [1.807, 2.05) is 42.5 Å². The molecule has 1 atom stereocenters. The molecule has 0 saturated heterocycles. The molecule has 1 heterocycles. The Hall–Kier alpha value is -3.46. The molecule has 3 nitrogen and oxygen atoms in total. The molecule has 5 rings (SSSR count). The van der Waals surface area contributed by atoms with Gasteiger partial charge in [0.25, 0.3) is 11.8 Å². The van der Waals surface area contributed by atoms with Crippen LogP contribution < -0.4 is 0 Å². The molecule has 33 heavy (non-hydrogen) atoms. The van der Waals surface area contributed by atoms with Crippen LogP contribution in [0, 0.1) is 0 Å². The number of benzene rings is 4. The average Bonchev–Trinajstić information content (AvgIpc) is 2.85. The van der Waals surface area contributed by atoms with Crippen molar-refractivity contribution in [3.05, 3.63) is 83.9 Å². The molecule has 1 aliphatic rings. The van der Waals surface area contributed by atoms with E-state index >= 15 is 0 Å². The second-order valence-corrected chi connectivity index (χ2v) is 8.95. The Labute approximate surface area is 195 Å². The zero-order valence-corrected chi connectivity index (χ0v) is 19.3. The van der Waals surface area contributed by atoms with Crippen molar-refractivity contribution in [3.63, 3.8) is 0 Å². The number of hydrogen-bond donors (Lipinski definition) is 0. The van der Waals surface area contributed by atoms with Crippen molar-refractivity contribution in [3.8, 4) is 11.1 Å². The van der Waals surface area contributed by atoms with Gasteiger partial charge in [-0.15, -0.1) is 0 Å². The van der Waals surface area contributed by atoms with Crippen LogP contribution in [0.2, 0.25) is 0 Å². The summed E-state index contributed by atoms with van der Waals surface area (Å²) in [6.45, 7) is 4.24. The fraction of sp³-hybridized carbons (Fsp3) is 0.267. The lowest BCUT2D eigenvalue weighted by Crippen LogP contribution is -2.46. The molecule has 0 N–H and O–H groups in total.